The minimum Gasteiger partial charge on any atom is -0.493 e. The zero-order chi connectivity index (χ0) is 20.8. The average molecular weight is 394 g/mol. The monoisotopic (exact) mass is 394 g/mol. The average Bonchev–Trinajstić information content (AvgIpc) is 2.71. The molecule has 0 fully saturated rings. The van der Waals surface area contributed by atoms with Gasteiger partial charge in [0.25, 0.3) is 5.91 Å². The number of ether oxygens (including phenoxy) is 1. The van der Waals surface area contributed by atoms with Crippen molar-refractivity contribution < 1.29 is 13.9 Å². The minimum atomic E-state index is -0.659. The zero-order valence-electron chi connectivity index (χ0n) is 17.0. The fourth-order valence-corrected chi connectivity index (χ4v) is 3.27. The Bertz CT molecular complexity index is 1050. The van der Waals surface area contributed by atoms with Gasteiger partial charge in [-0.3, -0.25) is 4.79 Å². The van der Waals surface area contributed by atoms with Crippen molar-refractivity contribution in [3.05, 3.63) is 69.6 Å². The Labute approximate surface area is 169 Å². The first-order chi connectivity index (χ1) is 14.1. The summed E-state index contributed by atoms with van der Waals surface area (Å²) < 4.78 is 11.2. The number of rotatable bonds is 8. The lowest BCUT2D eigenvalue weighted by Gasteiger charge is -2.12. The molecule has 0 aliphatic carbocycles. The van der Waals surface area contributed by atoms with Gasteiger partial charge in [0, 0.05) is 23.2 Å². The number of aryl methyl sites for hydroxylation is 1. The second-order valence-corrected chi connectivity index (χ2v) is 6.77. The van der Waals surface area contributed by atoms with Gasteiger partial charge in [0.2, 0.25) is 0 Å². The van der Waals surface area contributed by atoms with Crippen molar-refractivity contribution in [2.24, 2.45) is 0 Å². The number of fused-ring (bicyclic) bond motifs is 1. The summed E-state index contributed by atoms with van der Waals surface area (Å²) in [7, 11) is 1.87. The van der Waals surface area contributed by atoms with Crippen LogP contribution >= 0.6 is 0 Å². The number of amides is 1. The van der Waals surface area contributed by atoms with Crippen LogP contribution in [0.15, 0.2) is 51.7 Å². The highest BCUT2D eigenvalue weighted by Gasteiger charge is 2.17. The third-order valence-electron chi connectivity index (χ3n) is 4.60. The van der Waals surface area contributed by atoms with Crippen LogP contribution in [0, 0.1) is 0 Å². The molecule has 0 saturated carbocycles. The SMILES string of the molecule is CCCc1c(OCC)ccc2cc(C(=O)Nc3ccc(CNC)cc3)c(=O)oc12. The van der Waals surface area contributed by atoms with Gasteiger partial charge in [-0.15, -0.1) is 0 Å². The fourth-order valence-electron chi connectivity index (χ4n) is 3.27. The molecule has 0 aliphatic rings. The second-order valence-electron chi connectivity index (χ2n) is 6.77. The van der Waals surface area contributed by atoms with E-state index in [1.54, 1.807) is 18.2 Å². The minimum absolute atomic E-state index is 0.0246. The highest BCUT2D eigenvalue weighted by Crippen LogP contribution is 2.29. The van der Waals surface area contributed by atoms with Crippen molar-refractivity contribution in [3.63, 3.8) is 0 Å². The van der Waals surface area contributed by atoms with E-state index in [1.807, 2.05) is 38.2 Å². The van der Waals surface area contributed by atoms with Gasteiger partial charge < -0.3 is 19.8 Å². The Morgan fingerprint density at radius 1 is 1.10 bits per heavy atom. The first kappa shape index (κ1) is 20.6. The summed E-state index contributed by atoms with van der Waals surface area (Å²) in [6.07, 6.45) is 1.61. The van der Waals surface area contributed by atoms with Crippen molar-refractivity contribution in [1.29, 1.82) is 0 Å². The van der Waals surface area contributed by atoms with Gasteiger partial charge in [0.15, 0.2) is 0 Å². The van der Waals surface area contributed by atoms with E-state index in [9.17, 15) is 9.59 Å². The Kier molecular flexibility index (Phi) is 6.67. The van der Waals surface area contributed by atoms with Crippen LogP contribution in [-0.4, -0.2) is 19.6 Å². The van der Waals surface area contributed by atoms with Gasteiger partial charge in [-0.05, 0) is 56.3 Å². The van der Waals surface area contributed by atoms with Crippen molar-refractivity contribution in [2.45, 2.75) is 33.2 Å². The standard InChI is InChI=1S/C23H26N2O4/c1-4-6-18-20(28-5-2)12-9-16-13-19(23(27)29-21(16)18)22(26)25-17-10-7-15(8-11-17)14-24-3/h7-13,24H,4-6,14H2,1-3H3,(H,25,26). The molecule has 29 heavy (non-hydrogen) atoms. The van der Waals surface area contributed by atoms with Crippen LogP contribution in [0.3, 0.4) is 0 Å². The smallest absolute Gasteiger partial charge is 0.349 e. The number of carbonyl (C=O) groups is 1. The van der Waals surface area contributed by atoms with E-state index in [-0.39, 0.29) is 5.56 Å². The van der Waals surface area contributed by atoms with Gasteiger partial charge in [-0.25, -0.2) is 4.79 Å². The molecule has 0 bridgehead atoms. The molecule has 0 atom stereocenters. The summed E-state index contributed by atoms with van der Waals surface area (Å²) in [5, 5.41) is 6.53. The molecule has 6 heteroatoms. The second kappa shape index (κ2) is 9.39. The van der Waals surface area contributed by atoms with Crippen LogP contribution in [0.2, 0.25) is 0 Å². The molecule has 1 amide bonds. The zero-order valence-corrected chi connectivity index (χ0v) is 17.0. The van der Waals surface area contributed by atoms with Crippen LogP contribution in [0.25, 0.3) is 11.0 Å². The molecule has 152 valence electrons. The lowest BCUT2D eigenvalue weighted by molar-refractivity contribution is 0.102. The molecule has 3 rings (SSSR count). The van der Waals surface area contributed by atoms with Crippen molar-refractivity contribution >= 4 is 22.6 Å². The summed E-state index contributed by atoms with van der Waals surface area (Å²) in [6.45, 7) is 5.23. The van der Waals surface area contributed by atoms with Gasteiger partial charge in [0.05, 0.1) is 6.61 Å². The maximum Gasteiger partial charge on any atom is 0.349 e. The summed E-state index contributed by atoms with van der Waals surface area (Å²) in [4.78, 5) is 25.2. The molecule has 0 spiro atoms. The molecule has 1 aromatic heterocycles. The Morgan fingerprint density at radius 2 is 1.86 bits per heavy atom. The molecule has 0 unspecified atom stereocenters. The van der Waals surface area contributed by atoms with E-state index in [0.29, 0.717) is 29.0 Å². The Morgan fingerprint density at radius 3 is 2.52 bits per heavy atom. The third-order valence-corrected chi connectivity index (χ3v) is 4.60. The van der Waals surface area contributed by atoms with Gasteiger partial charge in [0.1, 0.15) is 16.9 Å². The number of carbonyl (C=O) groups excluding carboxylic acids is 1. The number of hydrogen-bond donors (Lipinski definition) is 2. The van der Waals surface area contributed by atoms with Gasteiger partial charge >= 0.3 is 5.63 Å². The van der Waals surface area contributed by atoms with Crippen LogP contribution in [0.5, 0.6) is 5.75 Å². The highest BCUT2D eigenvalue weighted by molar-refractivity contribution is 6.05. The quantitative estimate of drug-likeness (QED) is 0.562. The van der Waals surface area contributed by atoms with Gasteiger partial charge in [-0.1, -0.05) is 25.5 Å². The van der Waals surface area contributed by atoms with Crippen LogP contribution in [0.1, 0.15) is 41.8 Å². The molecule has 2 aromatic carbocycles. The van der Waals surface area contributed by atoms with E-state index >= 15 is 0 Å². The number of anilines is 1. The number of benzene rings is 2. The van der Waals surface area contributed by atoms with E-state index < -0.39 is 11.5 Å². The van der Waals surface area contributed by atoms with E-state index in [4.69, 9.17) is 9.15 Å². The normalized spacial score (nSPS) is 10.9. The predicted molar refractivity (Wildman–Crippen MR) is 115 cm³/mol. The van der Waals surface area contributed by atoms with Crippen molar-refractivity contribution in [3.8, 4) is 5.75 Å². The fraction of sp³-hybridized carbons (Fsp3) is 0.304. The van der Waals surface area contributed by atoms with Crippen LogP contribution in [-0.2, 0) is 13.0 Å². The van der Waals surface area contributed by atoms with Crippen molar-refractivity contribution in [1.82, 2.24) is 5.32 Å². The summed E-state index contributed by atoms with van der Waals surface area (Å²) in [6, 6.07) is 12.7. The first-order valence-electron chi connectivity index (χ1n) is 9.84. The molecular weight excluding hydrogens is 368 g/mol. The molecule has 6 nitrogen and oxygen atoms in total. The molecule has 1 heterocycles. The largest absolute Gasteiger partial charge is 0.493 e. The Hall–Kier alpha value is -3.12. The summed E-state index contributed by atoms with van der Waals surface area (Å²) >= 11 is 0. The third kappa shape index (κ3) is 4.66. The number of hydrogen-bond acceptors (Lipinski definition) is 5. The molecular formula is C23H26N2O4. The summed E-state index contributed by atoms with van der Waals surface area (Å²) in [5.41, 5.74) is 2.38. The van der Waals surface area contributed by atoms with Gasteiger partial charge in [-0.2, -0.15) is 0 Å². The van der Waals surface area contributed by atoms with Crippen molar-refractivity contribution in [2.75, 3.05) is 19.0 Å². The highest BCUT2D eigenvalue weighted by atomic mass is 16.5. The molecule has 0 aliphatic heterocycles. The lowest BCUT2D eigenvalue weighted by atomic mass is 10.0. The molecule has 0 saturated heterocycles. The van der Waals surface area contributed by atoms with Crippen LogP contribution in [0.4, 0.5) is 5.69 Å². The predicted octanol–water partition coefficient (Wildman–Crippen LogP) is 4.12. The summed E-state index contributed by atoms with van der Waals surface area (Å²) in [5.74, 6) is 0.219. The topological polar surface area (TPSA) is 80.6 Å². The lowest BCUT2D eigenvalue weighted by Crippen LogP contribution is -2.21. The van der Waals surface area contributed by atoms with E-state index in [1.165, 1.54) is 0 Å². The number of nitrogens with one attached hydrogen (secondary N) is 2. The molecule has 3 aromatic rings. The first-order valence-corrected chi connectivity index (χ1v) is 9.84. The van der Waals surface area contributed by atoms with E-state index in [2.05, 4.69) is 17.6 Å². The van der Waals surface area contributed by atoms with E-state index in [0.717, 1.165) is 30.5 Å². The maximum atomic E-state index is 12.7. The van der Waals surface area contributed by atoms with Crippen LogP contribution < -0.4 is 21.0 Å². The molecule has 2 N–H and O–H groups in total. The Balaban J connectivity index is 1.93. The molecule has 0 radical (unpaired) electrons. The maximum absolute atomic E-state index is 12.7.